The van der Waals surface area contributed by atoms with E-state index >= 15 is 0 Å². The van der Waals surface area contributed by atoms with Gasteiger partial charge < -0.3 is 10.3 Å². The molecule has 4 heteroatoms. The SMILES string of the molecule is CCCC(N)(CCC)c1noc(C(C)C)n1. The third kappa shape index (κ3) is 2.82. The first kappa shape index (κ1) is 13.2. The number of aromatic nitrogens is 2. The Morgan fingerprint density at radius 2 is 1.81 bits per heavy atom. The van der Waals surface area contributed by atoms with E-state index in [1.54, 1.807) is 0 Å². The summed E-state index contributed by atoms with van der Waals surface area (Å²) in [5, 5.41) is 4.04. The molecule has 1 aromatic heterocycles. The molecule has 0 amide bonds. The standard InChI is InChI=1S/C12H23N3O/c1-5-7-12(13,8-6-2)11-14-10(9(3)4)16-15-11/h9H,5-8,13H2,1-4H3. The number of nitrogens with two attached hydrogens (primary N) is 1. The molecular weight excluding hydrogens is 202 g/mol. The lowest BCUT2D eigenvalue weighted by Crippen LogP contribution is -2.37. The fourth-order valence-corrected chi connectivity index (χ4v) is 1.91. The highest BCUT2D eigenvalue weighted by atomic mass is 16.5. The number of nitrogens with zero attached hydrogens (tertiary/aromatic N) is 2. The van der Waals surface area contributed by atoms with E-state index in [0.717, 1.165) is 25.7 Å². The van der Waals surface area contributed by atoms with Crippen LogP contribution in [0, 0.1) is 0 Å². The van der Waals surface area contributed by atoms with Crippen LogP contribution in [0.5, 0.6) is 0 Å². The lowest BCUT2D eigenvalue weighted by Gasteiger charge is -2.24. The van der Waals surface area contributed by atoms with Crippen LogP contribution < -0.4 is 5.73 Å². The number of hydrogen-bond donors (Lipinski definition) is 1. The molecule has 0 atom stereocenters. The van der Waals surface area contributed by atoms with Gasteiger partial charge in [0.15, 0.2) is 5.82 Å². The molecule has 0 fully saturated rings. The molecular formula is C12H23N3O. The Balaban J connectivity index is 2.92. The summed E-state index contributed by atoms with van der Waals surface area (Å²) in [4.78, 5) is 4.42. The lowest BCUT2D eigenvalue weighted by molar-refractivity contribution is 0.314. The molecule has 0 unspecified atom stereocenters. The molecule has 0 aromatic carbocycles. The zero-order chi connectivity index (χ0) is 12.2. The van der Waals surface area contributed by atoms with Gasteiger partial charge in [0.25, 0.3) is 0 Å². The van der Waals surface area contributed by atoms with Crippen molar-refractivity contribution in [1.82, 2.24) is 10.1 Å². The van der Waals surface area contributed by atoms with Crippen LogP contribution in [0.4, 0.5) is 0 Å². The zero-order valence-electron chi connectivity index (χ0n) is 10.8. The molecule has 1 aromatic rings. The van der Waals surface area contributed by atoms with Gasteiger partial charge in [-0.1, -0.05) is 45.7 Å². The van der Waals surface area contributed by atoms with E-state index < -0.39 is 5.54 Å². The van der Waals surface area contributed by atoms with E-state index in [9.17, 15) is 0 Å². The first-order valence-corrected chi connectivity index (χ1v) is 6.16. The fraction of sp³-hybridized carbons (Fsp3) is 0.833. The average Bonchev–Trinajstić information content (AvgIpc) is 2.67. The summed E-state index contributed by atoms with van der Waals surface area (Å²) in [7, 11) is 0. The quantitative estimate of drug-likeness (QED) is 0.808. The number of rotatable bonds is 6. The summed E-state index contributed by atoms with van der Waals surface area (Å²) >= 11 is 0. The molecule has 1 heterocycles. The minimum absolute atomic E-state index is 0.258. The Morgan fingerprint density at radius 3 is 2.19 bits per heavy atom. The summed E-state index contributed by atoms with van der Waals surface area (Å²) in [5.74, 6) is 1.60. The maximum Gasteiger partial charge on any atom is 0.229 e. The Kier molecular flexibility index (Phi) is 4.47. The van der Waals surface area contributed by atoms with Gasteiger partial charge in [-0.05, 0) is 12.8 Å². The molecule has 0 saturated carbocycles. The summed E-state index contributed by atoms with van der Waals surface area (Å²) in [6.07, 6.45) is 3.86. The zero-order valence-corrected chi connectivity index (χ0v) is 10.8. The minimum Gasteiger partial charge on any atom is -0.339 e. The molecule has 92 valence electrons. The van der Waals surface area contributed by atoms with Crippen LogP contribution in [0.25, 0.3) is 0 Å². The molecule has 0 aliphatic heterocycles. The Hall–Kier alpha value is -0.900. The number of hydrogen-bond acceptors (Lipinski definition) is 4. The molecule has 0 bridgehead atoms. The molecule has 0 aliphatic rings. The first-order valence-electron chi connectivity index (χ1n) is 6.16. The van der Waals surface area contributed by atoms with Gasteiger partial charge in [-0.2, -0.15) is 4.98 Å². The van der Waals surface area contributed by atoms with E-state index in [1.165, 1.54) is 0 Å². The normalized spacial score (nSPS) is 12.4. The van der Waals surface area contributed by atoms with Gasteiger partial charge in [-0.15, -0.1) is 0 Å². The van der Waals surface area contributed by atoms with Gasteiger partial charge in [0.05, 0.1) is 5.54 Å². The summed E-state index contributed by atoms with van der Waals surface area (Å²) in [6, 6.07) is 0. The summed E-state index contributed by atoms with van der Waals surface area (Å²) in [6.45, 7) is 8.33. The van der Waals surface area contributed by atoms with Crippen molar-refractivity contribution in [3.63, 3.8) is 0 Å². The van der Waals surface area contributed by atoms with Crippen molar-refractivity contribution >= 4 is 0 Å². The second kappa shape index (κ2) is 5.43. The van der Waals surface area contributed by atoms with Crippen LogP contribution in [-0.2, 0) is 5.54 Å². The van der Waals surface area contributed by atoms with E-state index in [2.05, 4.69) is 24.0 Å². The van der Waals surface area contributed by atoms with E-state index in [4.69, 9.17) is 10.3 Å². The largest absolute Gasteiger partial charge is 0.339 e. The summed E-state index contributed by atoms with van der Waals surface area (Å²) in [5.41, 5.74) is 5.95. The fourth-order valence-electron chi connectivity index (χ4n) is 1.91. The third-order valence-corrected chi connectivity index (χ3v) is 2.77. The third-order valence-electron chi connectivity index (χ3n) is 2.77. The van der Waals surface area contributed by atoms with E-state index in [0.29, 0.717) is 11.7 Å². The average molecular weight is 225 g/mol. The molecule has 2 N–H and O–H groups in total. The van der Waals surface area contributed by atoms with Crippen molar-refractivity contribution in [2.45, 2.75) is 64.8 Å². The molecule has 0 spiro atoms. The monoisotopic (exact) mass is 225 g/mol. The molecule has 1 rings (SSSR count). The highest BCUT2D eigenvalue weighted by Gasteiger charge is 2.31. The van der Waals surface area contributed by atoms with E-state index in [1.807, 2.05) is 13.8 Å². The Labute approximate surface area is 97.6 Å². The maximum atomic E-state index is 6.37. The van der Waals surface area contributed by atoms with Crippen LogP contribution in [0.3, 0.4) is 0 Å². The Morgan fingerprint density at radius 1 is 1.25 bits per heavy atom. The van der Waals surface area contributed by atoms with Crippen LogP contribution in [0.15, 0.2) is 4.52 Å². The van der Waals surface area contributed by atoms with Crippen molar-refractivity contribution in [1.29, 1.82) is 0 Å². The van der Waals surface area contributed by atoms with Gasteiger partial charge in [-0.3, -0.25) is 0 Å². The maximum absolute atomic E-state index is 6.37. The van der Waals surface area contributed by atoms with Crippen LogP contribution >= 0.6 is 0 Å². The minimum atomic E-state index is -0.417. The molecule has 4 nitrogen and oxygen atoms in total. The van der Waals surface area contributed by atoms with Crippen molar-refractivity contribution in [2.75, 3.05) is 0 Å². The van der Waals surface area contributed by atoms with Gasteiger partial charge >= 0.3 is 0 Å². The first-order chi connectivity index (χ1) is 7.53. The van der Waals surface area contributed by atoms with Gasteiger partial charge in [-0.25, -0.2) is 0 Å². The van der Waals surface area contributed by atoms with Crippen molar-refractivity contribution < 1.29 is 4.52 Å². The molecule has 0 saturated heterocycles. The van der Waals surface area contributed by atoms with Crippen LogP contribution in [-0.4, -0.2) is 10.1 Å². The predicted molar refractivity (Wildman–Crippen MR) is 64.1 cm³/mol. The van der Waals surface area contributed by atoms with Crippen molar-refractivity contribution in [2.24, 2.45) is 5.73 Å². The smallest absolute Gasteiger partial charge is 0.229 e. The highest BCUT2D eigenvalue weighted by Crippen LogP contribution is 2.27. The second-order valence-electron chi connectivity index (χ2n) is 4.77. The van der Waals surface area contributed by atoms with Gasteiger partial charge in [0.1, 0.15) is 0 Å². The topological polar surface area (TPSA) is 64.9 Å². The molecule has 16 heavy (non-hydrogen) atoms. The summed E-state index contributed by atoms with van der Waals surface area (Å²) < 4.78 is 5.22. The Bertz CT molecular complexity index is 314. The molecule has 0 aliphatic carbocycles. The van der Waals surface area contributed by atoms with Gasteiger partial charge in [0.2, 0.25) is 5.89 Å². The second-order valence-corrected chi connectivity index (χ2v) is 4.77. The highest BCUT2D eigenvalue weighted by molar-refractivity contribution is 5.04. The lowest BCUT2D eigenvalue weighted by atomic mass is 9.89. The van der Waals surface area contributed by atoms with Crippen molar-refractivity contribution in [3.8, 4) is 0 Å². The molecule has 0 radical (unpaired) electrons. The van der Waals surface area contributed by atoms with Crippen molar-refractivity contribution in [3.05, 3.63) is 11.7 Å². The van der Waals surface area contributed by atoms with E-state index in [-0.39, 0.29) is 5.92 Å². The predicted octanol–water partition coefficient (Wildman–Crippen LogP) is 2.95. The van der Waals surface area contributed by atoms with Crippen LogP contribution in [0.2, 0.25) is 0 Å². The van der Waals surface area contributed by atoms with Gasteiger partial charge in [0, 0.05) is 5.92 Å². The van der Waals surface area contributed by atoms with Crippen LogP contribution in [0.1, 0.15) is 71.0 Å².